The lowest BCUT2D eigenvalue weighted by Crippen LogP contribution is -2.25. The molecule has 2 heterocycles. The fraction of sp³-hybridized carbons (Fsp3) is 0.263. The standard InChI is InChI=1S/C19H20N4O4S/c1-11-17(28-13(3)20-11)19(26)27-10-15(24)21-16-12(2)22(4)23(18(16)25)14-8-6-5-7-9-14/h5-9H,10H2,1-4H3,(H,21,24). The first kappa shape index (κ1) is 19.6. The Labute approximate surface area is 165 Å². The second-order valence-electron chi connectivity index (χ2n) is 6.21. The van der Waals surface area contributed by atoms with E-state index < -0.39 is 18.5 Å². The average molecular weight is 400 g/mol. The molecule has 0 atom stereocenters. The van der Waals surface area contributed by atoms with Gasteiger partial charge in [-0.15, -0.1) is 11.3 Å². The number of anilines is 1. The number of para-hydroxylation sites is 1. The van der Waals surface area contributed by atoms with Crippen molar-refractivity contribution in [2.75, 3.05) is 11.9 Å². The summed E-state index contributed by atoms with van der Waals surface area (Å²) in [4.78, 5) is 41.6. The number of amides is 1. The summed E-state index contributed by atoms with van der Waals surface area (Å²) < 4.78 is 8.18. The number of rotatable bonds is 5. The fourth-order valence-corrected chi connectivity index (χ4v) is 3.62. The molecular weight excluding hydrogens is 380 g/mol. The Morgan fingerprint density at radius 2 is 1.86 bits per heavy atom. The molecule has 0 aliphatic rings. The Kier molecular flexibility index (Phi) is 5.46. The number of ether oxygens (including phenoxy) is 1. The Balaban J connectivity index is 1.73. The zero-order chi connectivity index (χ0) is 20.4. The summed E-state index contributed by atoms with van der Waals surface area (Å²) in [6.07, 6.45) is 0. The maximum atomic E-state index is 12.8. The van der Waals surface area contributed by atoms with Gasteiger partial charge in [-0.3, -0.25) is 14.3 Å². The topological polar surface area (TPSA) is 95.2 Å². The molecule has 146 valence electrons. The number of hydrogen-bond donors (Lipinski definition) is 1. The largest absolute Gasteiger partial charge is 0.451 e. The van der Waals surface area contributed by atoms with Crippen LogP contribution < -0.4 is 10.9 Å². The first-order valence-corrected chi connectivity index (χ1v) is 9.36. The molecule has 0 aliphatic heterocycles. The van der Waals surface area contributed by atoms with Crippen molar-refractivity contribution in [3.63, 3.8) is 0 Å². The Morgan fingerprint density at radius 1 is 1.18 bits per heavy atom. The Hall–Kier alpha value is -3.20. The lowest BCUT2D eigenvalue weighted by molar-refractivity contribution is -0.119. The highest BCUT2D eigenvalue weighted by Crippen LogP contribution is 2.18. The molecule has 0 saturated carbocycles. The zero-order valence-corrected chi connectivity index (χ0v) is 16.8. The van der Waals surface area contributed by atoms with Crippen molar-refractivity contribution in [3.05, 3.63) is 62.0 Å². The number of hydrogen-bond acceptors (Lipinski definition) is 6. The van der Waals surface area contributed by atoms with Crippen molar-refractivity contribution in [2.45, 2.75) is 20.8 Å². The van der Waals surface area contributed by atoms with Gasteiger partial charge in [0.1, 0.15) is 10.6 Å². The third-order valence-corrected chi connectivity index (χ3v) is 5.29. The molecule has 0 unspecified atom stereocenters. The van der Waals surface area contributed by atoms with Crippen molar-refractivity contribution in [1.29, 1.82) is 0 Å². The minimum atomic E-state index is -0.607. The van der Waals surface area contributed by atoms with Crippen LogP contribution in [-0.2, 0) is 16.6 Å². The number of thiazole rings is 1. The molecule has 1 N–H and O–H groups in total. The highest BCUT2D eigenvalue weighted by atomic mass is 32.1. The zero-order valence-electron chi connectivity index (χ0n) is 16.0. The van der Waals surface area contributed by atoms with Gasteiger partial charge in [0.15, 0.2) is 6.61 Å². The first-order valence-electron chi connectivity index (χ1n) is 8.54. The van der Waals surface area contributed by atoms with Crippen LogP contribution in [0.1, 0.15) is 26.1 Å². The summed E-state index contributed by atoms with van der Waals surface area (Å²) in [5.41, 5.74) is 1.62. The van der Waals surface area contributed by atoms with Crippen molar-refractivity contribution in [1.82, 2.24) is 14.3 Å². The van der Waals surface area contributed by atoms with Gasteiger partial charge in [-0.1, -0.05) is 18.2 Å². The van der Waals surface area contributed by atoms with Crippen molar-refractivity contribution in [3.8, 4) is 5.69 Å². The summed E-state index contributed by atoms with van der Waals surface area (Å²) in [5, 5.41) is 3.30. The second-order valence-corrected chi connectivity index (χ2v) is 7.41. The van der Waals surface area contributed by atoms with Crippen LogP contribution >= 0.6 is 11.3 Å². The van der Waals surface area contributed by atoms with Crippen LogP contribution in [0.4, 0.5) is 5.69 Å². The normalized spacial score (nSPS) is 10.7. The van der Waals surface area contributed by atoms with Crippen LogP contribution in [0.2, 0.25) is 0 Å². The third kappa shape index (κ3) is 3.74. The molecule has 3 aromatic rings. The van der Waals surface area contributed by atoms with E-state index >= 15 is 0 Å². The molecule has 0 radical (unpaired) electrons. The molecule has 0 saturated heterocycles. The number of carbonyl (C=O) groups excluding carboxylic acids is 2. The maximum absolute atomic E-state index is 12.8. The molecule has 3 rings (SSSR count). The Bertz CT molecular complexity index is 1100. The molecule has 0 spiro atoms. The van der Waals surface area contributed by atoms with E-state index in [4.69, 9.17) is 4.74 Å². The van der Waals surface area contributed by atoms with E-state index in [0.29, 0.717) is 22.0 Å². The summed E-state index contributed by atoms with van der Waals surface area (Å²) in [6.45, 7) is 4.73. The van der Waals surface area contributed by atoms with Crippen LogP contribution in [0, 0.1) is 20.8 Å². The summed E-state index contributed by atoms with van der Waals surface area (Å²) in [5.74, 6) is -1.19. The fourth-order valence-electron chi connectivity index (χ4n) is 2.81. The molecule has 9 heteroatoms. The summed E-state index contributed by atoms with van der Waals surface area (Å²) >= 11 is 1.21. The minimum Gasteiger partial charge on any atom is -0.451 e. The number of nitrogens with one attached hydrogen (secondary N) is 1. The van der Waals surface area contributed by atoms with Gasteiger partial charge in [-0.2, -0.15) is 0 Å². The van der Waals surface area contributed by atoms with Crippen LogP contribution in [0.5, 0.6) is 0 Å². The smallest absolute Gasteiger partial charge is 0.350 e. The highest BCUT2D eigenvalue weighted by Gasteiger charge is 2.20. The molecule has 0 fully saturated rings. The summed E-state index contributed by atoms with van der Waals surface area (Å²) in [6, 6.07) is 9.10. The van der Waals surface area contributed by atoms with E-state index in [9.17, 15) is 14.4 Å². The molecular formula is C19H20N4O4S. The third-order valence-electron chi connectivity index (χ3n) is 4.24. The molecule has 8 nitrogen and oxygen atoms in total. The van der Waals surface area contributed by atoms with Gasteiger partial charge in [-0.05, 0) is 32.9 Å². The van der Waals surface area contributed by atoms with Crippen LogP contribution in [0.3, 0.4) is 0 Å². The first-order chi connectivity index (χ1) is 13.3. The maximum Gasteiger partial charge on any atom is 0.350 e. The number of esters is 1. The molecule has 0 bridgehead atoms. The number of aryl methyl sites for hydroxylation is 2. The highest BCUT2D eigenvalue weighted by molar-refractivity contribution is 7.13. The van der Waals surface area contributed by atoms with E-state index in [2.05, 4.69) is 10.3 Å². The van der Waals surface area contributed by atoms with Crippen LogP contribution in [0.15, 0.2) is 35.1 Å². The van der Waals surface area contributed by atoms with E-state index in [1.165, 1.54) is 16.0 Å². The van der Waals surface area contributed by atoms with E-state index in [1.807, 2.05) is 18.2 Å². The molecule has 1 aromatic carbocycles. The van der Waals surface area contributed by atoms with Crippen molar-refractivity contribution >= 4 is 28.9 Å². The number of aromatic nitrogens is 3. The van der Waals surface area contributed by atoms with Gasteiger partial charge >= 0.3 is 5.97 Å². The number of carbonyl (C=O) groups is 2. The van der Waals surface area contributed by atoms with Gasteiger partial charge < -0.3 is 10.1 Å². The second kappa shape index (κ2) is 7.81. The monoisotopic (exact) mass is 400 g/mol. The molecule has 1 amide bonds. The summed E-state index contributed by atoms with van der Waals surface area (Å²) in [7, 11) is 1.73. The lowest BCUT2D eigenvalue weighted by atomic mass is 10.3. The quantitative estimate of drug-likeness (QED) is 0.664. The minimum absolute atomic E-state index is 0.150. The predicted octanol–water partition coefficient (Wildman–Crippen LogP) is 2.35. The van der Waals surface area contributed by atoms with E-state index in [-0.39, 0.29) is 11.2 Å². The van der Waals surface area contributed by atoms with E-state index in [1.54, 1.807) is 44.6 Å². The SMILES string of the molecule is Cc1nc(C)c(C(=O)OCC(=O)Nc2c(C)n(C)n(-c3ccccc3)c2=O)s1. The average Bonchev–Trinajstić information content (AvgIpc) is 3.11. The van der Waals surface area contributed by atoms with Gasteiger partial charge in [0.2, 0.25) is 0 Å². The van der Waals surface area contributed by atoms with Gasteiger partial charge in [-0.25, -0.2) is 14.5 Å². The van der Waals surface area contributed by atoms with Crippen molar-refractivity contribution in [2.24, 2.45) is 7.05 Å². The number of benzene rings is 1. The van der Waals surface area contributed by atoms with Crippen LogP contribution in [-0.4, -0.2) is 32.8 Å². The number of nitrogens with zero attached hydrogens (tertiary/aromatic N) is 3. The molecule has 0 aliphatic carbocycles. The lowest BCUT2D eigenvalue weighted by Gasteiger charge is -2.07. The Morgan fingerprint density at radius 3 is 2.46 bits per heavy atom. The molecule has 2 aromatic heterocycles. The van der Waals surface area contributed by atoms with Gasteiger partial charge in [0.25, 0.3) is 11.5 Å². The predicted molar refractivity (Wildman–Crippen MR) is 106 cm³/mol. The van der Waals surface area contributed by atoms with E-state index in [0.717, 1.165) is 5.01 Å². The van der Waals surface area contributed by atoms with Gasteiger partial charge in [0, 0.05) is 7.05 Å². The van der Waals surface area contributed by atoms with Crippen LogP contribution in [0.25, 0.3) is 5.69 Å². The van der Waals surface area contributed by atoms with Gasteiger partial charge in [0.05, 0.1) is 22.1 Å². The molecule has 28 heavy (non-hydrogen) atoms. The van der Waals surface area contributed by atoms with Crippen molar-refractivity contribution < 1.29 is 14.3 Å².